The molecular formula is C14H16N2O2S. The van der Waals surface area contributed by atoms with Gasteiger partial charge in [0.25, 0.3) is 0 Å². The Bertz CT molecular complexity index is 604. The Balaban J connectivity index is 1.73. The summed E-state index contributed by atoms with van der Waals surface area (Å²) in [5.74, 6) is -0.698. The average Bonchev–Trinajstić information content (AvgIpc) is 2.75. The zero-order chi connectivity index (χ0) is 13.3. The number of anilines is 1. The van der Waals surface area contributed by atoms with E-state index in [4.69, 9.17) is 5.11 Å². The molecule has 0 atom stereocenters. The third kappa shape index (κ3) is 2.42. The Morgan fingerprint density at radius 3 is 2.89 bits per heavy atom. The minimum absolute atomic E-state index is 0.0586. The summed E-state index contributed by atoms with van der Waals surface area (Å²) in [5.41, 5.74) is 0.938. The average molecular weight is 276 g/mol. The molecule has 1 aliphatic carbocycles. The van der Waals surface area contributed by atoms with E-state index in [1.807, 2.05) is 24.3 Å². The molecule has 100 valence electrons. The summed E-state index contributed by atoms with van der Waals surface area (Å²) < 4.78 is 4.39. The second-order valence-corrected chi connectivity index (χ2v) is 6.08. The molecule has 0 radical (unpaired) electrons. The maximum Gasteiger partial charge on any atom is 0.303 e. The van der Waals surface area contributed by atoms with E-state index in [-0.39, 0.29) is 11.8 Å². The SMILES string of the molecule is O=C(O)CC1(CNc2snc3ccccc23)CCC1. The Morgan fingerprint density at radius 2 is 2.21 bits per heavy atom. The summed E-state index contributed by atoms with van der Waals surface area (Å²) in [6.07, 6.45) is 3.40. The van der Waals surface area contributed by atoms with Crippen LogP contribution in [0.15, 0.2) is 24.3 Å². The lowest BCUT2D eigenvalue weighted by atomic mass is 9.66. The van der Waals surface area contributed by atoms with Crippen molar-refractivity contribution in [3.05, 3.63) is 24.3 Å². The first-order chi connectivity index (χ1) is 9.19. The number of fused-ring (bicyclic) bond motifs is 1. The predicted octanol–water partition coefficient (Wildman–Crippen LogP) is 3.35. The molecular weight excluding hydrogens is 260 g/mol. The number of carboxylic acids is 1. The minimum atomic E-state index is -0.698. The number of nitrogens with zero attached hydrogens (tertiary/aromatic N) is 1. The molecule has 1 saturated carbocycles. The molecule has 2 N–H and O–H groups in total. The van der Waals surface area contributed by atoms with E-state index in [0.717, 1.165) is 41.7 Å². The zero-order valence-electron chi connectivity index (χ0n) is 10.6. The molecule has 0 bridgehead atoms. The molecule has 5 heteroatoms. The smallest absolute Gasteiger partial charge is 0.303 e. The van der Waals surface area contributed by atoms with Crippen molar-refractivity contribution < 1.29 is 9.90 Å². The van der Waals surface area contributed by atoms with Crippen molar-refractivity contribution in [1.82, 2.24) is 4.37 Å². The van der Waals surface area contributed by atoms with Crippen LogP contribution >= 0.6 is 11.5 Å². The molecule has 0 saturated heterocycles. The molecule has 1 aromatic carbocycles. The number of carbonyl (C=O) groups is 1. The van der Waals surface area contributed by atoms with E-state index in [0.29, 0.717) is 0 Å². The van der Waals surface area contributed by atoms with Crippen LogP contribution in [-0.2, 0) is 4.79 Å². The van der Waals surface area contributed by atoms with Gasteiger partial charge in [-0.25, -0.2) is 0 Å². The lowest BCUT2D eigenvalue weighted by molar-refractivity contribution is -0.141. The van der Waals surface area contributed by atoms with Gasteiger partial charge in [0.05, 0.1) is 11.9 Å². The molecule has 19 heavy (non-hydrogen) atoms. The summed E-state index contributed by atoms with van der Waals surface area (Å²) >= 11 is 1.45. The van der Waals surface area contributed by atoms with Crippen LogP contribution in [0.2, 0.25) is 0 Å². The highest BCUT2D eigenvalue weighted by Crippen LogP contribution is 2.44. The number of carboxylic acid groups (broad SMARTS) is 1. The van der Waals surface area contributed by atoms with Crippen LogP contribution in [0.3, 0.4) is 0 Å². The van der Waals surface area contributed by atoms with E-state index in [9.17, 15) is 4.79 Å². The summed E-state index contributed by atoms with van der Waals surface area (Å²) in [5, 5.41) is 14.6. The second kappa shape index (κ2) is 4.81. The molecule has 0 unspecified atom stereocenters. The molecule has 1 aliphatic rings. The van der Waals surface area contributed by atoms with Crippen LogP contribution in [0.25, 0.3) is 10.9 Å². The summed E-state index contributed by atoms with van der Waals surface area (Å²) in [4.78, 5) is 10.9. The van der Waals surface area contributed by atoms with Gasteiger partial charge in [-0.15, -0.1) is 0 Å². The Labute approximate surface area is 115 Å². The van der Waals surface area contributed by atoms with Crippen LogP contribution in [0.4, 0.5) is 5.00 Å². The number of rotatable bonds is 5. The summed E-state index contributed by atoms with van der Waals surface area (Å²) in [6.45, 7) is 0.728. The van der Waals surface area contributed by atoms with Crippen molar-refractivity contribution in [3.63, 3.8) is 0 Å². The molecule has 0 amide bonds. The minimum Gasteiger partial charge on any atom is -0.481 e. The van der Waals surface area contributed by atoms with Gasteiger partial charge in [-0.3, -0.25) is 4.79 Å². The first-order valence-corrected chi connectivity index (χ1v) is 7.26. The van der Waals surface area contributed by atoms with Crippen LogP contribution in [0.5, 0.6) is 0 Å². The van der Waals surface area contributed by atoms with Gasteiger partial charge in [0.2, 0.25) is 0 Å². The molecule has 0 spiro atoms. The first-order valence-electron chi connectivity index (χ1n) is 6.49. The first kappa shape index (κ1) is 12.4. The largest absolute Gasteiger partial charge is 0.481 e. The number of hydrogen-bond acceptors (Lipinski definition) is 4. The van der Waals surface area contributed by atoms with E-state index < -0.39 is 5.97 Å². The number of nitrogens with one attached hydrogen (secondary N) is 1. The molecule has 3 rings (SSSR count). The molecule has 4 nitrogen and oxygen atoms in total. The lowest BCUT2D eigenvalue weighted by Crippen LogP contribution is -2.38. The van der Waals surface area contributed by atoms with Gasteiger partial charge in [0.1, 0.15) is 5.00 Å². The van der Waals surface area contributed by atoms with Crippen molar-refractivity contribution in [2.75, 3.05) is 11.9 Å². The normalized spacial score (nSPS) is 17.1. The second-order valence-electron chi connectivity index (χ2n) is 5.31. The van der Waals surface area contributed by atoms with Crippen molar-refractivity contribution in [2.45, 2.75) is 25.7 Å². The van der Waals surface area contributed by atoms with Crippen LogP contribution in [-0.4, -0.2) is 22.0 Å². The fourth-order valence-electron chi connectivity index (χ4n) is 2.70. The maximum absolute atomic E-state index is 10.9. The molecule has 1 aromatic heterocycles. The number of aromatic nitrogens is 1. The summed E-state index contributed by atoms with van der Waals surface area (Å²) in [6, 6.07) is 8.02. The Kier molecular flexibility index (Phi) is 3.14. The highest BCUT2D eigenvalue weighted by molar-refractivity contribution is 7.11. The quantitative estimate of drug-likeness (QED) is 0.879. The van der Waals surface area contributed by atoms with Gasteiger partial charge in [-0.05, 0) is 41.9 Å². The monoisotopic (exact) mass is 276 g/mol. The zero-order valence-corrected chi connectivity index (χ0v) is 11.4. The predicted molar refractivity (Wildman–Crippen MR) is 76.6 cm³/mol. The van der Waals surface area contributed by atoms with Crippen molar-refractivity contribution in [1.29, 1.82) is 0 Å². The molecule has 0 aliphatic heterocycles. The van der Waals surface area contributed by atoms with Crippen LogP contribution < -0.4 is 5.32 Å². The van der Waals surface area contributed by atoms with Crippen LogP contribution in [0.1, 0.15) is 25.7 Å². The van der Waals surface area contributed by atoms with Crippen LogP contribution in [0, 0.1) is 5.41 Å². The summed E-state index contributed by atoms with van der Waals surface area (Å²) in [7, 11) is 0. The Morgan fingerprint density at radius 1 is 1.42 bits per heavy atom. The number of benzene rings is 1. The topological polar surface area (TPSA) is 62.2 Å². The maximum atomic E-state index is 10.9. The number of hydrogen-bond donors (Lipinski definition) is 2. The fourth-order valence-corrected chi connectivity index (χ4v) is 3.45. The van der Waals surface area contributed by atoms with Gasteiger partial charge in [-0.2, -0.15) is 4.37 Å². The van der Waals surface area contributed by atoms with Gasteiger partial charge in [-0.1, -0.05) is 18.6 Å². The number of aliphatic carboxylic acids is 1. The van der Waals surface area contributed by atoms with Gasteiger partial charge >= 0.3 is 5.97 Å². The molecule has 2 aromatic rings. The molecule has 1 heterocycles. The van der Waals surface area contributed by atoms with Gasteiger partial charge in [0, 0.05) is 11.9 Å². The fraction of sp³-hybridized carbons (Fsp3) is 0.429. The Hall–Kier alpha value is -1.62. The third-order valence-corrected chi connectivity index (χ3v) is 4.78. The van der Waals surface area contributed by atoms with Crippen molar-refractivity contribution in [3.8, 4) is 0 Å². The van der Waals surface area contributed by atoms with E-state index >= 15 is 0 Å². The van der Waals surface area contributed by atoms with Crippen molar-refractivity contribution >= 4 is 33.4 Å². The highest BCUT2D eigenvalue weighted by Gasteiger charge is 2.38. The highest BCUT2D eigenvalue weighted by atomic mass is 32.1. The standard InChI is InChI=1S/C14H16N2O2S/c17-12(18)8-14(6-3-7-14)9-15-13-10-4-1-2-5-11(10)16-19-13/h1-2,4-5,15H,3,6-9H2,(H,17,18). The van der Waals surface area contributed by atoms with Crippen molar-refractivity contribution in [2.24, 2.45) is 5.41 Å². The van der Waals surface area contributed by atoms with E-state index in [1.165, 1.54) is 11.5 Å². The van der Waals surface area contributed by atoms with E-state index in [2.05, 4.69) is 9.69 Å². The van der Waals surface area contributed by atoms with Gasteiger partial charge in [0.15, 0.2) is 0 Å². The van der Waals surface area contributed by atoms with E-state index in [1.54, 1.807) is 0 Å². The van der Waals surface area contributed by atoms with Gasteiger partial charge < -0.3 is 10.4 Å². The molecule has 1 fully saturated rings. The third-order valence-electron chi connectivity index (χ3n) is 3.95. The lowest BCUT2D eigenvalue weighted by Gasteiger charge is -2.41.